The Hall–Kier alpha value is -3.71. The minimum atomic E-state index is -1.27. The maximum absolute atomic E-state index is 12.5. The third-order valence-corrected chi connectivity index (χ3v) is 6.53. The summed E-state index contributed by atoms with van der Waals surface area (Å²) >= 11 is 0. The van der Waals surface area contributed by atoms with Crippen LogP contribution in [-0.2, 0) is 20.3 Å². The summed E-state index contributed by atoms with van der Waals surface area (Å²) in [5.41, 5.74) is 4.44. The van der Waals surface area contributed by atoms with Crippen LogP contribution >= 0.6 is 0 Å². The molecule has 0 radical (unpaired) electrons. The smallest absolute Gasteiger partial charge is 0.310 e. The van der Waals surface area contributed by atoms with Crippen LogP contribution in [0, 0.1) is 6.92 Å². The number of rotatable bonds is 12. The lowest BCUT2D eigenvalue weighted by Gasteiger charge is -2.15. The van der Waals surface area contributed by atoms with E-state index in [1.165, 1.54) is 5.56 Å². The van der Waals surface area contributed by atoms with Gasteiger partial charge in [0.2, 0.25) is 0 Å². The molecule has 7 heteroatoms. The van der Waals surface area contributed by atoms with Gasteiger partial charge in [0.05, 0.1) is 49.5 Å². The van der Waals surface area contributed by atoms with Crippen LogP contribution in [0.5, 0.6) is 11.5 Å². The van der Waals surface area contributed by atoms with Crippen molar-refractivity contribution in [3.8, 4) is 11.5 Å². The van der Waals surface area contributed by atoms with Crippen molar-refractivity contribution >= 4 is 28.1 Å². The summed E-state index contributed by atoms with van der Waals surface area (Å²) in [6, 6.07) is 15.5. The average molecular weight is 552 g/mol. The van der Waals surface area contributed by atoms with E-state index in [0.717, 1.165) is 28.2 Å². The molecule has 1 atom stereocenters. The Morgan fingerprint density at radius 1 is 0.923 bits per heavy atom. The van der Waals surface area contributed by atoms with E-state index < -0.39 is 10.8 Å². The summed E-state index contributed by atoms with van der Waals surface area (Å²) in [5, 5.41) is 1.62. The molecule has 0 spiro atoms. The lowest BCUT2D eigenvalue weighted by atomic mass is 9.96. The first-order valence-electron chi connectivity index (χ1n) is 12.7. The lowest BCUT2D eigenvalue weighted by molar-refractivity contribution is -0.142. The van der Waals surface area contributed by atoms with E-state index >= 15 is 0 Å². The van der Waals surface area contributed by atoms with Crippen molar-refractivity contribution in [1.82, 2.24) is 0 Å². The Morgan fingerprint density at radius 3 is 2.00 bits per heavy atom. The zero-order chi connectivity index (χ0) is 29.0. The van der Waals surface area contributed by atoms with Gasteiger partial charge < -0.3 is 14.2 Å². The Morgan fingerprint density at radius 2 is 1.49 bits per heavy atom. The number of benzene rings is 2. The zero-order valence-electron chi connectivity index (χ0n) is 24.1. The molecule has 2 aromatic rings. The van der Waals surface area contributed by atoms with Crippen LogP contribution in [0.3, 0.4) is 0 Å². The van der Waals surface area contributed by atoms with Crippen molar-refractivity contribution in [1.29, 1.82) is 0 Å². The van der Waals surface area contributed by atoms with Crippen molar-refractivity contribution in [3.05, 3.63) is 101 Å². The second-order valence-corrected chi connectivity index (χ2v) is 9.59. The van der Waals surface area contributed by atoms with E-state index in [2.05, 4.69) is 11.9 Å². The number of nitrogens with zero attached hydrogens (tertiary/aromatic N) is 1. The van der Waals surface area contributed by atoms with Gasteiger partial charge in [-0.2, -0.15) is 0 Å². The highest BCUT2D eigenvalue weighted by atomic mass is 32.2. The van der Waals surface area contributed by atoms with Crippen molar-refractivity contribution in [3.63, 3.8) is 0 Å². The normalized spacial score (nSPS) is 13.2. The molecule has 0 aliphatic rings. The van der Waals surface area contributed by atoms with Crippen molar-refractivity contribution in [2.75, 3.05) is 33.6 Å². The molecule has 210 valence electrons. The van der Waals surface area contributed by atoms with E-state index in [-0.39, 0.29) is 18.1 Å². The quantitative estimate of drug-likeness (QED) is 0.163. The number of ether oxygens (including phenoxy) is 3. The van der Waals surface area contributed by atoms with Gasteiger partial charge in [0.15, 0.2) is 0 Å². The number of hydrogen-bond acceptors (Lipinski definition) is 6. The highest BCUT2D eigenvalue weighted by Crippen LogP contribution is 2.25. The monoisotopic (exact) mass is 551 g/mol. The standard InChI is InChI=1S/C24H31NO4S.C8H10O/c1-6-8-9-10-11-16-30(27)18-23(25-4)22(17-24(26)29-7-2)19(3)20-12-14-21(28-5)15-13-20;1-7-3-5-8(9-2)6-4-7/h6,8-16H,7,17-18H2,1-5H3;3-6H,1-2H3/b8-6-,10-9-,16-11+,22-19+,25-23?;. The number of aryl methyl sites for hydroxylation is 1. The van der Waals surface area contributed by atoms with Crippen LogP contribution in [-0.4, -0.2) is 49.5 Å². The predicted octanol–water partition coefficient (Wildman–Crippen LogP) is 6.89. The molecule has 6 nitrogen and oxygen atoms in total. The summed E-state index contributed by atoms with van der Waals surface area (Å²) in [6.07, 6.45) is 9.30. The number of carbonyl (C=O) groups is 1. The Labute approximate surface area is 236 Å². The highest BCUT2D eigenvalue weighted by Gasteiger charge is 2.18. The van der Waals surface area contributed by atoms with Crippen molar-refractivity contribution < 1.29 is 23.2 Å². The second kappa shape index (κ2) is 19.4. The molecule has 0 aliphatic carbocycles. The van der Waals surface area contributed by atoms with Gasteiger partial charge in [-0.1, -0.05) is 60.2 Å². The topological polar surface area (TPSA) is 74.2 Å². The van der Waals surface area contributed by atoms with Gasteiger partial charge in [-0.05, 0) is 68.7 Å². The summed E-state index contributed by atoms with van der Waals surface area (Å²) < 4.78 is 27.9. The molecule has 0 fully saturated rings. The van der Waals surface area contributed by atoms with Crippen LogP contribution in [0.25, 0.3) is 5.57 Å². The Balaban J connectivity index is 0.000000708. The number of allylic oxidation sites excluding steroid dienone is 6. The third-order valence-electron chi connectivity index (χ3n) is 5.51. The molecule has 0 aliphatic heterocycles. The maximum Gasteiger partial charge on any atom is 0.310 e. The highest BCUT2D eigenvalue weighted by molar-refractivity contribution is 7.88. The fourth-order valence-corrected chi connectivity index (χ4v) is 4.27. The summed E-state index contributed by atoms with van der Waals surface area (Å²) in [7, 11) is 3.67. The summed E-state index contributed by atoms with van der Waals surface area (Å²) in [4.78, 5) is 16.6. The van der Waals surface area contributed by atoms with Crippen LogP contribution in [0.15, 0.2) is 94.9 Å². The number of hydrogen-bond donors (Lipinski definition) is 0. The molecule has 0 saturated carbocycles. The Bertz CT molecular complexity index is 1190. The maximum atomic E-state index is 12.5. The molecule has 2 aromatic carbocycles. The Kier molecular flexibility index (Phi) is 16.6. The molecule has 1 unspecified atom stereocenters. The first kappa shape index (κ1) is 33.3. The van der Waals surface area contributed by atoms with E-state index in [9.17, 15) is 9.00 Å². The molecular weight excluding hydrogens is 510 g/mol. The van der Waals surface area contributed by atoms with E-state index in [4.69, 9.17) is 14.2 Å². The van der Waals surface area contributed by atoms with E-state index in [1.807, 2.05) is 86.7 Å². The van der Waals surface area contributed by atoms with Crippen LogP contribution in [0.1, 0.15) is 38.3 Å². The molecule has 0 amide bonds. The lowest BCUT2D eigenvalue weighted by Crippen LogP contribution is -2.17. The number of aliphatic imine (C=N–C) groups is 1. The molecule has 39 heavy (non-hydrogen) atoms. The molecule has 0 bridgehead atoms. The molecular formula is C32H41NO5S. The molecule has 0 saturated heterocycles. The van der Waals surface area contributed by atoms with Crippen molar-refractivity contribution in [2.45, 2.75) is 34.1 Å². The third kappa shape index (κ3) is 13.1. The van der Waals surface area contributed by atoms with Gasteiger partial charge in [0, 0.05) is 12.5 Å². The van der Waals surface area contributed by atoms with Gasteiger partial charge >= 0.3 is 5.97 Å². The second-order valence-electron chi connectivity index (χ2n) is 8.27. The minimum absolute atomic E-state index is 0.0699. The fourth-order valence-electron chi connectivity index (χ4n) is 3.34. The summed E-state index contributed by atoms with van der Waals surface area (Å²) in [6.45, 7) is 7.99. The minimum Gasteiger partial charge on any atom is -0.497 e. The molecule has 0 heterocycles. The molecule has 0 N–H and O–H groups in total. The number of esters is 1. The predicted molar refractivity (Wildman–Crippen MR) is 164 cm³/mol. The van der Waals surface area contributed by atoms with Gasteiger partial charge in [-0.3, -0.25) is 14.0 Å². The zero-order valence-corrected chi connectivity index (χ0v) is 24.9. The fraction of sp³-hybridized carbons (Fsp3) is 0.312. The van der Waals surface area contributed by atoms with Crippen LogP contribution in [0.2, 0.25) is 0 Å². The first-order chi connectivity index (χ1) is 18.8. The van der Waals surface area contributed by atoms with Crippen molar-refractivity contribution in [2.24, 2.45) is 4.99 Å². The van der Waals surface area contributed by atoms with Crippen LogP contribution < -0.4 is 9.47 Å². The average Bonchev–Trinajstić information content (AvgIpc) is 2.95. The summed E-state index contributed by atoms with van der Waals surface area (Å²) in [5.74, 6) is 1.55. The van der Waals surface area contributed by atoms with Gasteiger partial charge in [0.25, 0.3) is 0 Å². The largest absolute Gasteiger partial charge is 0.497 e. The van der Waals surface area contributed by atoms with Gasteiger partial charge in [-0.25, -0.2) is 0 Å². The van der Waals surface area contributed by atoms with Crippen LogP contribution in [0.4, 0.5) is 0 Å². The molecule has 2 rings (SSSR count). The van der Waals surface area contributed by atoms with Gasteiger partial charge in [0.1, 0.15) is 11.5 Å². The first-order valence-corrected chi connectivity index (χ1v) is 14.1. The molecule has 0 aromatic heterocycles. The van der Waals surface area contributed by atoms with Gasteiger partial charge in [-0.15, -0.1) is 0 Å². The number of methoxy groups -OCH3 is 2. The number of carbonyl (C=O) groups excluding carboxylic acids is 1. The SMILES string of the molecule is COc1ccc(C)cc1.C\C=C/C=C\C=C\S(=O)CC(=NC)/C(CC(=O)OCC)=C(\C)c1ccc(OC)cc1. The van der Waals surface area contributed by atoms with E-state index in [1.54, 1.807) is 39.7 Å². The van der Waals surface area contributed by atoms with E-state index in [0.29, 0.717) is 12.3 Å².